The van der Waals surface area contributed by atoms with E-state index in [1.807, 2.05) is 0 Å². The predicted molar refractivity (Wildman–Crippen MR) is 86.9 cm³/mol. The van der Waals surface area contributed by atoms with Gasteiger partial charge in [-0.15, -0.1) is 0 Å². The molecule has 1 N–H and O–H groups in total. The molecule has 0 aliphatic heterocycles. The van der Waals surface area contributed by atoms with Crippen LogP contribution in [0.2, 0.25) is 0 Å². The second kappa shape index (κ2) is 15.7. The van der Waals surface area contributed by atoms with Gasteiger partial charge in [0, 0.05) is 6.42 Å². The third-order valence-electron chi connectivity index (χ3n) is 3.04. The van der Waals surface area contributed by atoms with E-state index in [0.717, 1.165) is 44.9 Å². The highest BCUT2D eigenvalue weighted by atomic mass is 16.4. The van der Waals surface area contributed by atoms with Crippen molar-refractivity contribution in [3.05, 3.63) is 36.5 Å². The number of hydrogen-bond acceptors (Lipinski definition) is 1. The first-order valence-corrected chi connectivity index (χ1v) is 7.94. The van der Waals surface area contributed by atoms with Crippen LogP contribution in [0.25, 0.3) is 0 Å². The minimum Gasteiger partial charge on any atom is -0.481 e. The second-order valence-electron chi connectivity index (χ2n) is 4.99. The summed E-state index contributed by atoms with van der Waals surface area (Å²) in [6.45, 7) is 2.15. The lowest BCUT2D eigenvalue weighted by molar-refractivity contribution is -0.137. The molecule has 0 unspecified atom stereocenters. The molecule has 0 saturated heterocycles. The molecule has 0 heterocycles. The maximum absolute atomic E-state index is 10.3. The summed E-state index contributed by atoms with van der Waals surface area (Å²) in [6.07, 6.45) is 23.4. The summed E-state index contributed by atoms with van der Waals surface area (Å²) in [7, 11) is 0. The molecule has 2 nitrogen and oxygen atoms in total. The molecule has 2 heteroatoms. The third kappa shape index (κ3) is 16.7. The monoisotopic (exact) mass is 278 g/mol. The Morgan fingerprint density at radius 3 is 2.00 bits per heavy atom. The van der Waals surface area contributed by atoms with Crippen molar-refractivity contribution < 1.29 is 9.90 Å². The van der Waals surface area contributed by atoms with E-state index in [1.54, 1.807) is 0 Å². The minimum absolute atomic E-state index is 0.319. The fraction of sp³-hybridized carbons (Fsp3) is 0.611. The van der Waals surface area contributed by atoms with Gasteiger partial charge in [-0.2, -0.15) is 0 Å². The predicted octanol–water partition coefficient (Wildman–Crippen LogP) is 5.66. The van der Waals surface area contributed by atoms with E-state index in [0.29, 0.717) is 6.42 Å². The SMILES string of the molecule is CC/C=C/C/C=C\C/C=C/CCCCCCCC(=O)O. The van der Waals surface area contributed by atoms with Crippen LogP contribution in [0, 0.1) is 0 Å². The Labute approximate surface area is 124 Å². The molecular weight excluding hydrogens is 248 g/mol. The number of aliphatic carboxylic acids is 1. The van der Waals surface area contributed by atoms with Gasteiger partial charge in [0.1, 0.15) is 0 Å². The molecular formula is C18H30O2. The highest BCUT2D eigenvalue weighted by Gasteiger charge is 1.95. The highest BCUT2D eigenvalue weighted by Crippen LogP contribution is 2.07. The van der Waals surface area contributed by atoms with Crippen LogP contribution in [-0.4, -0.2) is 11.1 Å². The molecule has 0 radical (unpaired) electrons. The van der Waals surface area contributed by atoms with Gasteiger partial charge in [0.15, 0.2) is 0 Å². The van der Waals surface area contributed by atoms with Crippen LogP contribution in [0.3, 0.4) is 0 Å². The Kier molecular flexibility index (Phi) is 14.7. The summed E-state index contributed by atoms with van der Waals surface area (Å²) in [4.78, 5) is 10.3. The zero-order chi connectivity index (χ0) is 14.9. The lowest BCUT2D eigenvalue weighted by Crippen LogP contribution is -1.93. The van der Waals surface area contributed by atoms with Crippen molar-refractivity contribution >= 4 is 5.97 Å². The van der Waals surface area contributed by atoms with Crippen LogP contribution in [0.1, 0.15) is 71.1 Å². The normalized spacial score (nSPS) is 12.1. The Morgan fingerprint density at radius 2 is 1.35 bits per heavy atom. The molecule has 20 heavy (non-hydrogen) atoms. The van der Waals surface area contributed by atoms with Crippen LogP contribution in [0.15, 0.2) is 36.5 Å². The van der Waals surface area contributed by atoms with Crippen LogP contribution < -0.4 is 0 Å². The molecule has 0 aromatic rings. The number of rotatable bonds is 13. The van der Waals surface area contributed by atoms with Gasteiger partial charge in [-0.25, -0.2) is 0 Å². The smallest absolute Gasteiger partial charge is 0.303 e. The van der Waals surface area contributed by atoms with Gasteiger partial charge in [-0.05, 0) is 38.5 Å². The molecule has 0 spiro atoms. The molecule has 114 valence electrons. The summed E-state index contributed by atoms with van der Waals surface area (Å²) in [5.74, 6) is -0.675. The maximum atomic E-state index is 10.3. The first kappa shape index (κ1) is 18.7. The molecule has 0 aromatic carbocycles. The van der Waals surface area contributed by atoms with Crippen molar-refractivity contribution in [1.82, 2.24) is 0 Å². The van der Waals surface area contributed by atoms with Crippen LogP contribution >= 0.6 is 0 Å². The van der Waals surface area contributed by atoms with Crippen molar-refractivity contribution in [1.29, 1.82) is 0 Å². The van der Waals surface area contributed by atoms with Gasteiger partial charge >= 0.3 is 5.97 Å². The fourth-order valence-electron chi connectivity index (χ4n) is 1.90. The van der Waals surface area contributed by atoms with Gasteiger partial charge in [-0.1, -0.05) is 62.6 Å². The van der Waals surface area contributed by atoms with Crippen LogP contribution in [0.4, 0.5) is 0 Å². The number of carbonyl (C=O) groups is 1. The Morgan fingerprint density at radius 1 is 0.800 bits per heavy atom. The van der Waals surface area contributed by atoms with Gasteiger partial charge in [-0.3, -0.25) is 4.79 Å². The number of unbranched alkanes of at least 4 members (excludes halogenated alkanes) is 5. The molecule has 0 amide bonds. The molecule has 0 aromatic heterocycles. The Bertz CT molecular complexity index is 301. The third-order valence-corrected chi connectivity index (χ3v) is 3.04. The Balaban J connectivity index is 3.23. The van der Waals surface area contributed by atoms with E-state index < -0.39 is 5.97 Å². The maximum Gasteiger partial charge on any atom is 0.303 e. The molecule has 0 aliphatic rings. The topological polar surface area (TPSA) is 37.3 Å². The van der Waals surface area contributed by atoms with Gasteiger partial charge in [0.05, 0.1) is 0 Å². The van der Waals surface area contributed by atoms with E-state index in [-0.39, 0.29) is 0 Å². The van der Waals surface area contributed by atoms with Crippen molar-refractivity contribution in [2.24, 2.45) is 0 Å². The summed E-state index contributed by atoms with van der Waals surface area (Å²) in [5.41, 5.74) is 0. The average molecular weight is 278 g/mol. The highest BCUT2D eigenvalue weighted by molar-refractivity contribution is 5.66. The van der Waals surface area contributed by atoms with Crippen molar-refractivity contribution in [2.45, 2.75) is 71.1 Å². The van der Waals surface area contributed by atoms with Gasteiger partial charge < -0.3 is 5.11 Å². The summed E-state index contributed by atoms with van der Waals surface area (Å²) in [6, 6.07) is 0. The molecule has 0 atom stereocenters. The van der Waals surface area contributed by atoms with Crippen LogP contribution in [0.5, 0.6) is 0 Å². The first-order chi connectivity index (χ1) is 9.77. The minimum atomic E-state index is -0.675. The summed E-state index contributed by atoms with van der Waals surface area (Å²) >= 11 is 0. The summed E-state index contributed by atoms with van der Waals surface area (Å²) in [5, 5.41) is 8.50. The van der Waals surface area contributed by atoms with Crippen molar-refractivity contribution in [2.75, 3.05) is 0 Å². The fourth-order valence-corrected chi connectivity index (χ4v) is 1.90. The average Bonchev–Trinajstić information content (AvgIpc) is 2.43. The zero-order valence-electron chi connectivity index (χ0n) is 12.9. The van der Waals surface area contributed by atoms with Gasteiger partial charge in [0.2, 0.25) is 0 Å². The van der Waals surface area contributed by atoms with E-state index in [4.69, 9.17) is 5.11 Å². The lowest BCUT2D eigenvalue weighted by atomic mass is 10.1. The van der Waals surface area contributed by atoms with E-state index in [9.17, 15) is 4.79 Å². The van der Waals surface area contributed by atoms with Crippen molar-refractivity contribution in [3.63, 3.8) is 0 Å². The van der Waals surface area contributed by atoms with Gasteiger partial charge in [0.25, 0.3) is 0 Å². The first-order valence-electron chi connectivity index (χ1n) is 7.94. The van der Waals surface area contributed by atoms with E-state index in [2.05, 4.69) is 43.4 Å². The quantitative estimate of drug-likeness (QED) is 0.348. The largest absolute Gasteiger partial charge is 0.481 e. The summed E-state index contributed by atoms with van der Waals surface area (Å²) < 4.78 is 0. The number of allylic oxidation sites excluding steroid dienone is 6. The molecule has 0 saturated carbocycles. The Hall–Kier alpha value is -1.31. The second-order valence-corrected chi connectivity index (χ2v) is 4.99. The van der Waals surface area contributed by atoms with Crippen LogP contribution in [-0.2, 0) is 4.79 Å². The standard InChI is InChI=1S/C18H30O2/c1-2-3-4-5-6-7-8-9-10-11-12-13-14-15-16-17-18(19)20/h3-4,6-7,9-10H,2,5,8,11-17H2,1H3,(H,19,20)/b4-3+,7-6-,10-9+. The molecule has 0 bridgehead atoms. The molecule has 0 fully saturated rings. The van der Waals surface area contributed by atoms with E-state index in [1.165, 1.54) is 12.8 Å². The molecule has 0 rings (SSSR count). The number of carboxylic acid groups (broad SMARTS) is 1. The number of hydrogen-bond donors (Lipinski definition) is 1. The van der Waals surface area contributed by atoms with E-state index >= 15 is 0 Å². The number of carboxylic acids is 1. The zero-order valence-corrected chi connectivity index (χ0v) is 12.9. The van der Waals surface area contributed by atoms with Crippen molar-refractivity contribution in [3.8, 4) is 0 Å². The molecule has 0 aliphatic carbocycles. The lowest BCUT2D eigenvalue weighted by Gasteiger charge is -1.98.